The summed E-state index contributed by atoms with van der Waals surface area (Å²) in [6.45, 7) is 6.63. The van der Waals surface area contributed by atoms with Crippen LogP contribution in [-0.2, 0) is 14.8 Å². The fraction of sp³-hybridized carbons (Fsp3) is 0.185. The molecule has 3 aromatic rings. The number of carbonyl (C=O) groups excluding carboxylic acids is 1. The van der Waals surface area contributed by atoms with Crippen molar-refractivity contribution < 1.29 is 13.2 Å². The highest BCUT2D eigenvalue weighted by atomic mass is 32.2. The Labute approximate surface area is 207 Å². The lowest BCUT2D eigenvalue weighted by atomic mass is 9.91. The zero-order chi connectivity index (χ0) is 25.1. The van der Waals surface area contributed by atoms with E-state index in [4.69, 9.17) is 0 Å². The van der Waals surface area contributed by atoms with E-state index in [1.54, 1.807) is 12.1 Å². The molecule has 3 aromatic carbocycles. The van der Waals surface area contributed by atoms with Gasteiger partial charge in [0.15, 0.2) is 0 Å². The molecular formula is C27H27N3O3SSi. The van der Waals surface area contributed by atoms with Crippen LogP contribution in [0, 0.1) is 11.5 Å². The van der Waals surface area contributed by atoms with Gasteiger partial charge in [-0.2, -0.15) is 0 Å². The van der Waals surface area contributed by atoms with Crippen LogP contribution in [0.15, 0.2) is 88.8 Å². The van der Waals surface area contributed by atoms with Gasteiger partial charge in [-0.05, 0) is 29.3 Å². The third kappa shape index (κ3) is 6.07. The highest BCUT2D eigenvalue weighted by molar-refractivity contribution is 7.90. The Kier molecular flexibility index (Phi) is 6.92. The van der Waals surface area contributed by atoms with Crippen LogP contribution in [0.3, 0.4) is 0 Å². The molecule has 8 heteroatoms. The van der Waals surface area contributed by atoms with E-state index >= 15 is 0 Å². The first-order valence-corrected chi connectivity index (χ1v) is 16.3. The number of nitrogens with zero attached hydrogens (tertiary/aromatic N) is 1. The second-order valence-corrected chi connectivity index (χ2v) is 15.7. The molecule has 0 atom stereocenters. The summed E-state index contributed by atoms with van der Waals surface area (Å²) in [4.78, 5) is 17.3. The molecule has 1 heterocycles. The normalized spacial score (nSPS) is 14.1. The molecule has 6 nitrogen and oxygen atoms in total. The number of rotatable bonds is 5. The molecule has 0 saturated heterocycles. The Morgan fingerprint density at radius 3 is 2.14 bits per heavy atom. The zero-order valence-corrected chi connectivity index (χ0v) is 21.7. The van der Waals surface area contributed by atoms with E-state index in [-0.39, 0.29) is 28.9 Å². The van der Waals surface area contributed by atoms with Gasteiger partial charge < -0.3 is 5.32 Å². The summed E-state index contributed by atoms with van der Waals surface area (Å²) in [5.74, 6) is 2.13. The molecule has 35 heavy (non-hydrogen) atoms. The summed E-state index contributed by atoms with van der Waals surface area (Å²) in [6.07, 6.45) is 0. The fourth-order valence-corrected chi connectivity index (χ4v) is 5.35. The Morgan fingerprint density at radius 2 is 1.57 bits per heavy atom. The van der Waals surface area contributed by atoms with Gasteiger partial charge in [-0.25, -0.2) is 13.4 Å². The molecular weight excluding hydrogens is 474 g/mol. The van der Waals surface area contributed by atoms with Crippen LogP contribution >= 0.6 is 0 Å². The van der Waals surface area contributed by atoms with Gasteiger partial charge in [-0.1, -0.05) is 86.2 Å². The molecule has 0 unspecified atom stereocenters. The molecule has 0 bridgehead atoms. The van der Waals surface area contributed by atoms with Crippen molar-refractivity contribution in [2.75, 3.05) is 6.54 Å². The summed E-state index contributed by atoms with van der Waals surface area (Å²) >= 11 is 0. The van der Waals surface area contributed by atoms with Crippen LogP contribution in [0.4, 0.5) is 5.69 Å². The average Bonchev–Trinajstić information content (AvgIpc) is 2.83. The molecule has 0 radical (unpaired) electrons. The van der Waals surface area contributed by atoms with E-state index < -0.39 is 24.0 Å². The average molecular weight is 502 g/mol. The zero-order valence-electron chi connectivity index (χ0n) is 19.9. The lowest BCUT2D eigenvalue weighted by Crippen LogP contribution is -2.45. The lowest BCUT2D eigenvalue weighted by Gasteiger charge is -2.21. The van der Waals surface area contributed by atoms with Crippen molar-refractivity contribution in [1.82, 2.24) is 10.0 Å². The number of nitrogens with one attached hydrogen (secondary N) is 2. The number of carbonyl (C=O) groups is 1. The van der Waals surface area contributed by atoms with Gasteiger partial charge in [-0.3, -0.25) is 9.52 Å². The van der Waals surface area contributed by atoms with E-state index in [1.165, 1.54) is 6.07 Å². The molecule has 178 valence electrons. The maximum Gasteiger partial charge on any atom is 0.287 e. The van der Waals surface area contributed by atoms with Crippen molar-refractivity contribution in [3.63, 3.8) is 0 Å². The van der Waals surface area contributed by atoms with Crippen LogP contribution in [0.1, 0.15) is 22.6 Å². The third-order valence-corrected chi connectivity index (χ3v) is 7.62. The van der Waals surface area contributed by atoms with Crippen molar-refractivity contribution in [1.29, 1.82) is 0 Å². The van der Waals surface area contributed by atoms with Crippen molar-refractivity contribution in [2.45, 2.75) is 30.5 Å². The fourth-order valence-electron chi connectivity index (χ4n) is 3.66. The lowest BCUT2D eigenvalue weighted by molar-refractivity contribution is -0.115. The number of fused-ring (bicyclic) bond motifs is 1. The van der Waals surface area contributed by atoms with Crippen molar-refractivity contribution in [3.8, 4) is 11.5 Å². The molecule has 1 amide bonds. The van der Waals surface area contributed by atoms with Crippen LogP contribution in [0.5, 0.6) is 0 Å². The largest absolute Gasteiger partial charge is 0.348 e. The minimum absolute atomic E-state index is 0.0165. The van der Waals surface area contributed by atoms with Crippen LogP contribution in [0.25, 0.3) is 0 Å². The standard InChI is InChI=1S/C27H27N3O3SSi/c1-35(2,3)17-16-20-14-15-24-25(18-20)34(32,33)30-26(29-24)27(31)28-19-23(21-10-6-4-7-11-21)22-12-8-5-9-13-22/h4-15,18,23H,19H2,1-3H3,(H,28,31)(H,29,30). The maximum atomic E-state index is 13.0. The predicted octanol–water partition coefficient (Wildman–Crippen LogP) is 4.19. The molecule has 0 aromatic heterocycles. The minimum Gasteiger partial charge on any atom is -0.348 e. The van der Waals surface area contributed by atoms with Gasteiger partial charge in [-0.15, -0.1) is 5.54 Å². The van der Waals surface area contributed by atoms with Gasteiger partial charge in [0.25, 0.3) is 15.9 Å². The number of amides is 1. The summed E-state index contributed by atoms with van der Waals surface area (Å²) in [6, 6.07) is 24.5. The second kappa shape index (κ2) is 9.90. The monoisotopic (exact) mass is 501 g/mol. The van der Waals surface area contributed by atoms with Gasteiger partial charge in [0, 0.05) is 18.0 Å². The van der Waals surface area contributed by atoms with Crippen molar-refractivity contribution >= 4 is 35.5 Å². The molecule has 0 aliphatic carbocycles. The molecule has 4 rings (SSSR count). The SMILES string of the molecule is C[Si](C)(C)C#Cc1ccc2c(c1)S(=O)(=O)NC(C(=O)NCC(c1ccccc1)c1ccccc1)=N2. The first kappa shape index (κ1) is 24.5. The van der Waals surface area contributed by atoms with Crippen LogP contribution < -0.4 is 10.0 Å². The Morgan fingerprint density at radius 1 is 0.971 bits per heavy atom. The number of hydrogen-bond donors (Lipinski definition) is 2. The van der Waals surface area contributed by atoms with Crippen LogP contribution in [0.2, 0.25) is 19.6 Å². The smallest absolute Gasteiger partial charge is 0.287 e. The molecule has 1 aliphatic rings. The second-order valence-electron chi connectivity index (χ2n) is 9.33. The third-order valence-electron chi connectivity index (χ3n) is 5.38. The van der Waals surface area contributed by atoms with E-state index in [9.17, 15) is 13.2 Å². The first-order chi connectivity index (χ1) is 16.6. The minimum atomic E-state index is -3.95. The Balaban J connectivity index is 1.57. The molecule has 1 aliphatic heterocycles. The maximum absolute atomic E-state index is 13.0. The molecule has 0 fully saturated rings. The van der Waals surface area contributed by atoms with Crippen LogP contribution in [-0.4, -0.2) is 34.8 Å². The van der Waals surface area contributed by atoms with E-state index in [2.05, 4.69) is 46.1 Å². The van der Waals surface area contributed by atoms with Gasteiger partial charge in [0.05, 0.1) is 5.69 Å². The number of hydrogen-bond acceptors (Lipinski definition) is 4. The van der Waals surface area contributed by atoms with E-state index in [0.717, 1.165) is 11.1 Å². The van der Waals surface area contributed by atoms with E-state index in [0.29, 0.717) is 5.56 Å². The predicted molar refractivity (Wildman–Crippen MR) is 142 cm³/mol. The van der Waals surface area contributed by atoms with Gasteiger partial charge in [0.1, 0.15) is 13.0 Å². The van der Waals surface area contributed by atoms with E-state index in [1.807, 2.05) is 60.7 Å². The number of amidine groups is 1. The molecule has 2 N–H and O–H groups in total. The molecule has 0 spiro atoms. The highest BCUT2D eigenvalue weighted by Gasteiger charge is 2.29. The number of aliphatic imine (C=N–C) groups is 1. The molecule has 0 saturated carbocycles. The summed E-state index contributed by atoms with van der Waals surface area (Å²) < 4.78 is 28.1. The topological polar surface area (TPSA) is 87.6 Å². The quantitative estimate of drug-likeness (QED) is 0.406. The number of benzene rings is 3. The van der Waals surface area contributed by atoms with Crippen molar-refractivity contribution in [2.24, 2.45) is 4.99 Å². The first-order valence-electron chi connectivity index (χ1n) is 11.3. The highest BCUT2D eigenvalue weighted by Crippen LogP contribution is 2.29. The summed E-state index contributed by atoms with van der Waals surface area (Å²) in [5, 5.41) is 2.85. The Hall–Kier alpha value is -3.67. The summed E-state index contributed by atoms with van der Waals surface area (Å²) in [5.41, 5.74) is 6.14. The summed E-state index contributed by atoms with van der Waals surface area (Å²) in [7, 11) is -5.57. The van der Waals surface area contributed by atoms with Gasteiger partial charge in [0.2, 0.25) is 5.84 Å². The number of sulfonamides is 1. The van der Waals surface area contributed by atoms with Crippen molar-refractivity contribution in [3.05, 3.63) is 95.6 Å². The van der Waals surface area contributed by atoms with Gasteiger partial charge >= 0.3 is 0 Å². The Bertz CT molecular complexity index is 1400.